The number of non-ortho nitro benzene ring substituents is 1. The van der Waals surface area contributed by atoms with Gasteiger partial charge in [0.1, 0.15) is 19.5 Å². The van der Waals surface area contributed by atoms with Crippen LogP contribution in [0.4, 0.5) is 16.2 Å². The minimum atomic E-state index is -0.871. The molecule has 28 heavy (non-hydrogen) atoms. The molecular weight excluding hydrogens is 370 g/mol. The van der Waals surface area contributed by atoms with Gasteiger partial charge in [0.05, 0.1) is 11.5 Å². The molecule has 0 aliphatic carbocycles. The monoisotopic (exact) mass is 397 g/mol. The van der Waals surface area contributed by atoms with E-state index in [1.165, 1.54) is 48.3 Å². The molecule has 0 saturated heterocycles. The molecule has 0 aliphatic rings. The molecule has 1 unspecified atom stereocenters. The van der Waals surface area contributed by atoms with Crippen molar-refractivity contribution < 1.29 is 28.7 Å². The topological polar surface area (TPSA) is 111 Å². The van der Waals surface area contributed by atoms with E-state index in [0.717, 1.165) is 0 Å². The number of rotatable bonds is 10. The molecule has 0 N–H and O–H groups in total. The Bertz CT molecular complexity index is 664. The van der Waals surface area contributed by atoms with Gasteiger partial charge >= 0.3 is 12.0 Å². The Hall–Kier alpha value is -2.72. The van der Waals surface area contributed by atoms with Gasteiger partial charge in [0.25, 0.3) is 5.69 Å². The van der Waals surface area contributed by atoms with Crippen molar-refractivity contribution in [3.8, 4) is 0 Å². The van der Waals surface area contributed by atoms with E-state index in [0.29, 0.717) is 5.69 Å². The van der Waals surface area contributed by atoms with Gasteiger partial charge in [-0.1, -0.05) is 13.8 Å². The second-order valence-corrected chi connectivity index (χ2v) is 6.23. The Morgan fingerprint density at radius 3 is 2.11 bits per heavy atom. The van der Waals surface area contributed by atoms with Crippen molar-refractivity contribution in [1.29, 1.82) is 0 Å². The zero-order valence-corrected chi connectivity index (χ0v) is 16.8. The molecule has 156 valence electrons. The van der Waals surface area contributed by atoms with Gasteiger partial charge in [-0.3, -0.25) is 19.9 Å². The highest BCUT2D eigenvalue weighted by Gasteiger charge is 2.36. The maximum absolute atomic E-state index is 13.2. The van der Waals surface area contributed by atoms with Gasteiger partial charge in [0, 0.05) is 32.0 Å². The van der Waals surface area contributed by atoms with Crippen molar-refractivity contribution in [1.82, 2.24) is 4.90 Å². The number of anilines is 1. The van der Waals surface area contributed by atoms with Crippen LogP contribution >= 0.6 is 0 Å². The number of nitro groups is 1. The summed E-state index contributed by atoms with van der Waals surface area (Å²) in [5, 5.41) is 10.9. The lowest BCUT2D eigenvalue weighted by atomic mass is 10.0. The first-order valence-corrected chi connectivity index (χ1v) is 8.75. The normalized spacial score (nSPS) is 11.8. The molecule has 0 bridgehead atoms. The van der Waals surface area contributed by atoms with Crippen LogP contribution in [0.2, 0.25) is 0 Å². The number of hydrogen-bond acceptors (Lipinski definition) is 7. The molecule has 0 heterocycles. The number of amides is 2. The average Bonchev–Trinajstić information content (AvgIpc) is 2.65. The molecular formula is C18H27N3O7. The number of carbonyl (C=O) groups is 2. The summed E-state index contributed by atoms with van der Waals surface area (Å²) < 4.78 is 15.4. The lowest BCUT2D eigenvalue weighted by Gasteiger charge is -2.35. The van der Waals surface area contributed by atoms with E-state index >= 15 is 0 Å². The highest BCUT2D eigenvalue weighted by molar-refractivity contribution is 5.94. The maximum atomic E-state index is 13.2. The van der Waals surface area contributed by atoms with Crippen LogP contribution in [0.25, 0.3) is 0 Å². The number of benzene rings is 1. The Balaban J connectivity index is 3.27. The van der Waals surface area contributed by atoms with Crippen LogP contribution in [-0.2, 0) is 19.0 Å². The maximum Gasteiger partial charge on any atom is 0.329 e. The minimum Gasteiger partial charge on any atom is -0.464 e. The van der Waals surface area contributed by atoms with Crippen molar-refractivity contribution in [2.24, 2.45) is 5.92 Å². The van der Waals surface area contributed by atoms with Crippen LogP contribution in [0.5, 0.6) is 0 Å². The molecule has 0 radical (unpaired) electrons. The average molecular weight is 397 g/mol. The van der Waals surface area contributed by atoms with Gasteiger partial charge in [0.2, 0.25) is 0 Å². The van der Waals surface area contributed by atoms with E-state index in [9.17, 15) is 19.7 Å². The van der Waals surface area contributed by atoms with Gasteiger partial charge in [-0.25, -0.2) is 9.59 Å². The van der Waals surface area contributed by atoms with Crippen molar-refractivity contribution >= 4 is 23.4 Å². The fraction of sp³-hybridized carbons (Fsp3) is 0.556. The number of carbonyl (C=O) groups excluding carboxylic acids is 2. The Labute approximate surface area is 164 Å². The van der Waals surface area contributed by atoms with Crippen LogP contribution in [0.1, 0.15) is 20.8 Å². The van der Waals surface area contributed by atoms with Crippen molar-refractivity contribution in [2.75, 3.05) is 39.2 Å². The molecule has 1 atom stereocenters. The zero-order valence-electron chi connectivity index (χ0n) is 16.8. The van der Waals surface area contributed by atoms with Crippen molar-refractivity contribution in [3.63, 3.8) is 0 Å². The van der Waals surface area contributed by atoms with Crippen LogP contribution in [0.15, 0.2) is 24.3 Å². The first-order chi connectivity index (χ1) is 13.3. The van der Waals surface area contributed by atoms with E-state index in [2.05, 4.69) is 0 Å². The fourth-order valence-corrected chi connectivity index (χ4v) is 2.66. The summed E-state index contributed by atoms with van der Waals surface area (Å²) >= 11 is 0. The van der Waals surface area contributed by atoms with E-state index in [1.807, 2.05) is 0 Å². The summed E-state index contributed by atoms with van der Waals surface area (Å²) in [6.45, 7) is 5.19. The van der Waals surface area contributed by atoms with Crippen LogP contribution < -0.4 is 4.90 Å². The first-order valence-electron chi connectivity index (χ1n) is 8.75. The molecule has 0 aromatic heterocycles. The number of nitro benzene ring substituents is 1. The molecule has 0 spiro atoms. The zero-order chi connectivity index (χ0) is 21.3. The molecule has 0 aliphatic heterocycles. The molecule has 0 fully saturated rings. The molecule has 10 heteroatoms. The molecule has 0 saturated carbocycles. The second kappa shape index (κ2) is 11.2. The van der Waals surface area contributed by atoms with Gasteiger partial charge in [-0.05, 0) is 25.0 Å². The highest BCUT2D eigenvalue weighted by atomic mass is 16.6. The minimum absolute atomic E-state index is 0.103. The number of esters is 1. The Morgan fingerprint density at radius 1 is 1.11 bits per heavy atom. The third-order valence-corrected chi connectivity index (χ3v) is 3.87. The summed E-state index contributed by atoms with van der Waals surface area (Å²) in [6, 6.07) is 4.03. The summed E-state index contributed by atoms with van der Waals surface area (Å²) in [6.07, 6.45) is 0. The van der Waals surface area contributed by atoms with E-state index < -0.39 is 23.0 Å². The third kappa shape index (κ3) is 5.89. The number of urea groups is 1. The Morgan fingerprint density at radius 2 is 1.68 bits per heavy atom. The molecule has 2 amide bonds. The van der Waals surface area contributed by atoms with Crippen LogP contribution in [0.3, 0.4) is 0 Å². The molecule has 1 rings (SSSR count). The first kappa shape index (κ1) is 23.3. The second-order valence-electron chi connectivity index (χ2n) is 6.23. The smallest absolute Gasteiger partial charge is 0.329 e. The van der Waals surface area contributed by atoms with E-state index in [1.54, 1.807) is 20.8 Å². The largest absolute Gasteiger partial charge is 0.464 e. The lowest BCUT2D eigenvalue weighted by Crippen LogP contribution is -2.54. The summed E-state index contributed by atoms with van der Waals surface area (Å²) in [7, 11) is 2.83. The van der Waals surface area contributed by atoms with Crippen LogP contribution in [-0.4, -0.2) is 62.2 Å². The Kier molecular flexibility index (Phi) is 9.33. The number of nitrogens with zero attached hydrogens (tertiary/aromatic N) is 3. The predicted octanol–water partition coefficient (Wildman–Crippen LogP) is 2.62. The highest BCUT2D eigenvalue weighted by Crippen LogP contribution is 2.23. The van der Waals surface area contributed by atoms with E-state index in [4.69, 9.17) is 14.2 Å². The van der Waals surface area contributed by atoms with E-state index in [-0.39, 0.29) is 31.7 Å². The summed E-state index contributed by atoms with van der Waals surface area (Å²) in [4.78, 5) is 38.5. The quantitative estimate of drug-likeness (QED) is 0.258. The van der Waals surface area contributed by atoms with Crippen molar-refractivity contribution in [3.05, 3.63) is 34.4 Å². The summed E-state index contributed by atoms with van der Waals surface area (Å²) in [5.74, 6) is -0.775. The van der Waals surface area contributed by atoms with Crippen molar-refractivity contribution in [2.45, 2.75) is 26.8 Å². The predicted molar refractivity (Wildman–Crippen MR) is 102 cm³/mol. The molecule has 1 aromatic rings. The van der Waals surface area contributed by atoms with Gasteiger partial charge in [0.15, 0.2) is 0 Å². The van der Waals surface area contributed by atoms with Gasteiger partial charge in [-0.15, -0.1) is 0 Å². The van der Waals surface area contributed by atoms with Gasteiger partial charge in [-0.2, -0.15) is 0 Å². The standard InChI is InChI=1S/C18H27N3O7/c1-6-28-17(22)16(13(2)3)20(12-27-5)18(23)19(11-26-4)14-7-9-15(10-8-14)21(24)25/h7-10,13,16H,6,11-12H2,1-5H3. The van der Waals surface area contributed by atoms with Crippen LogP contribution in [0, 0.1) is 16.0 Å². The summed E-state index contributed by atoms with van der Waals surface area (Å²) in [5.41, 5.74) is 0.277. The number of hydrogen-bond donors (Lipinski definition) is 0. The molecule has 10 nitrogen and oxygen atoms in total. The fourth-order valence-electron chi connectivity index (χ4n) is 2.66. The number of methoxy groups -OCH3 is 2. The number of ether oxygens (including phenoxy) is 3. The molecule has 1 aromatic carbocycles. The van der Waals surface area contributed by atoms with Gasteiger partial charge < -0.3 is 14.2 Å². The lowest BCUT2D eigenvalue weighted by molar-refractivity contribution is -0.384. The third-order valence-electron chi connectivity index (χ3n) is 3.87. The SMILES string of the molecule is CCOC(=O)C(C(C)C)N(COC)C(=O)N(COC)c1ccc([N+](=O)[O-])cc1.